The highest BCUT2D eigenvalue weighted by Gasteiger charge is 2.70. The zero-order valence-electron chi connectivity index (χ0n) is 15.8. The van der Waals surface area contributed by atoms with Gasteiger partial charge >= 0.3 is 6.18 Å². The van der Waals surface area contributed by atoms with E-state index in [1.54, 1.807) is 6.92 Å². The fourth-order valence-corrected chi connectivity index (χ4v) is 8.10. The molecule has 10 heteroatoms. The summed E-state index contributed by atoms with van der Waals surface area (Å²) >= 11 is 0. The summed E-state index contributed by atoms with van der Waals surface area (Å²) in [5.41, 5.74) is -1.77. The smallest absolute Gasteiger partial charge is 0.353 e. The predicted molar refractivity (Wildman–Crippen MR) is 98.1 cm³/mol. The molecular weight excluding hydrogens is 407 g/mol. The monoisotopic (exact) mass is 427 g/mol. The van der Waals surface area contributed by atoms with Gasteiger partial charge in [0.1, 0.15) is 0 Å². The lowest BCUT2D eigenvalue weighted by atomic mass is 9.77. The molecule has 2 aliphatic carbocycles. The molecule has 6 nitrogen and oxygen atoms in total. The first kappa shape index (κ1) is 20.0. The molecule has 0 spiro atoms. The van der Waals surface area contributed by atoms with Gasteiger partial charge in [0.25, 0.3) is 0 Å². The van der Waals surface area contributed by atoms with E-state index in [9.17, 15) is 26.4 Å². The number of benzene rings is 1. The zero-order valence-corrected chi connectivity index (χ0v) is 16.6. The summed E-state index contributed by atoms with van der Waals surface area (Å²) in [5.74, 6) is -0.657. The Hall–Kier alpha value is -2.28. The molecule has 1 N–H and O–H groups in total. The van der Waals surface area contributed by atoms with E-state index in [4.69, 9.17) is 5.26 Å². The van der Waals surface area contributed by atoms with Crippen LogP contribution in [0.5, 0.6) is 0 Å². The summed E-state index contributed by atoms with van der Waals surface area (Å²) in [6.45, 7) is 3.16. The molecule has 156 valence electrons. The number of nitrogens with one attached hydrogen (secondary N) is 1. The first-order valence-corrected chi connectivity index (χ1v) is 10.8. The number of carbonyl (C=O) groups is 1. The summed E-state index contributed by atoms with van der Waals surface area (Å²) < 4.78 is 66.9. The largest absolute Gasteiger partial charge is 0.417 e. The minimum absolute atomic E-state index is 0.0332. The van der Waals surface area contributed by atoms with Crippen LogP contribution in [0, 0.1) is 29.1 Å². The van der Waals surface area contributed by atoms with Gasteiger partial charge in [-0.1, -0.05) is 0 Å². The van der Waals surface area contributed by atoms with Crippen molar-refractivity contribution < 1.29 is 26.4 Å². The van der Waals surface area contributed by atoms with E-state index in [1.807, 2.05) is 0 Å². The number of sulfonamides is 1. The lowest BCUT2D eigenvalue weighted by Gasteiger charge is -2.37. The molecule has 1 heterocycles. The van der Waals surface area contributed by atoms with Crippen molar-refractivity contribution in [2.45, 2.75) is 43.7 Å². The molecule has 1 aromatic rings. The van der Waals surface area contributed by atoms with E-state index < -0.39 is 32.1 Å². The Morgan fingerprint density at radius 2 is 2.03 bits per heavy atom. The van der Waals surface area contributed by atoms with Crippen LogP contribution in [0.15, 0.2) is 18.2 Å². The second kappa shape index (κ2) is 6.11. The summed E-state index contributed by atoms with van der Waals surface area (Å²) in [5, 5.41) is 11.9. The number of alkyl halides is 3. The summed E-state index contributed by atoms with van der Waals surface area (Å²) in [6, 6.07) is 4.40. The minimum Gasteiger partial charge on any atom is -0.353 e. The number of carbonyl (C=O) groups excluding carboxylic acids is 1. The second-order valence-electron chi connectivity index (χ2n) is 8.31. The Labute approximate surface area is 166 Å². The van der Waals surface area contributed by atoms with Gasteiger partial charge in [0.05, 0.1) is 27.6 Å². The molecule has 4 rings (SSSR count). The third-order valence-electron chi connectivity index (χ3n) is 6.99. The standard InChI is InChI=1S/C19H20F3N3O3S/c1-10(26)24-17-6-12-5-14(17)16-9-25(29(27,28)18(12,16)2)13-4-3-11(8-23)15(7-13)19(20,21)22/h3-4,7,12,14,16-17H,5-6,9H2,1-2H3,(H,24,26)/t12-,14-,16-,17+,18+/m0/s1. The van der Waals surface area contributed by atoms with Crippen LogP contribution >= 0.6 is 0 Å². The van der Waals surface area contributed by atoms with Gasteiger partial charge in [-0.2, -0.15) is 18.4 Å². The molecule has 3 fully saturated rings. The fraction of sp³-hybridized carbons (Fsp3) is 0.579. The van der Waals surface area contributed by atoms with E-state index in [-0.39, 0.29) is 41.9 Å². The van der Waals surface area contributed by atoms with Gasteiger partial charge in [0, 0.05) is 25.4 Å². The van der Waals surface area contributed by atoms with Gasteiger partial charge in [-0.3, -0.25) is 9.10 Å². The number of amides is 1. The van der Waals surface area contributed by atoms with Gasteiger partial charge in [-0.05, 0) is 49.8 Å². The SMILES string of the molecule is CC(=O)N[C@@H]1C[C@@H]2C[C@H]1[C@@H]1CN(c3ccc(C#N)c(C(F)(F)F)c3)S(=O)(=O)[C@]21C. The molecule has 29 heavy (non-hydrogen) atoms. The first-order valence-electron chi connectivity index (χ1n) is 9.32. The maximum Gasteiger partial charge on any atom is 0.417 e. The maximum atomic E-state index is 13.4. The van der Waals surface area contributed by atoms with Crippen LogP contribution in [0.25, 0.3) is 0 Å². The molecule has 1 aromatic carbocycles. The van der Waals surface area contributed by atoms with Crippen LogP contribution in [-0.2, 0) is 21.0 Å². The molecule has 2 saturated carbocycles. The van der Waals surface area contributed by atoms with Crippen LogP contribution in [0.4, 0.5) is 18.9 Å². The number of fused-ring (bicyclic) bond motifs is 5. The lowest BCUT2D eigenvalue weighted by molar-refractivity contribution is -0.137. The number of rotatable bonds is 2. The van der Waals surface area contributed by atoms with Gasteiger partial charge in [-0.25, -0.2) is 8.42 Å². The van der Waals surface area contributed by atoms with E-state index in [0.717, 1.165) is 16.4 Å². The molecule has 2 bridgehead atoms. The van der Waals surface area contributed by atoms with Crippen LogP contribution in [0.3, 0.4) is 0 Å². The van der Waals surface area contributed by atoms with Crippen molar-refractivity contribution >= 4 is 21.6 Å². The van der Waals surface area contributed by atoms with E-state index in [2.05, 4.69) is 5.32 Å². The maximum absolute atomic E-state index is 13.4. The minimum atomic E-state index is -4.76. The molecule has 0 aromatic heterocycles. The van der Waals surface area contributed by atoms with Crippen LogP contribution in [0.2, 0.25) is 0 Å². The Morgan fingerprint density at radius 1 is 1.34 bits per heavy atom. The van der Waals surface area contributed by atoms with Crippen molar-refractivity contribution in [3.05, 3.63) is 29.3 Å². The van der Waals surface area contributed by atoms with Gasteiger partial charge < -0.3 is 5.32 Å². The van der Waals surface area contributed by atoms with Crippen molar-refractivity contribution in [2.75, 3.05) is 10.8 Å². The molecule has 1 saturated heterocycles. The van der Waals surface area contributed by atoms with Crippen molar-refractivity contribution in [3.8, 4) is 6.07 Å². The third kappa shape index (κ3) is 2.66. The van der Waals surface area contributed by atoms with Crippen LogP contribution < -0.4 is 9.62 Å². The number of nitriles is 1. The molecule has 1 amide bonds. The highest BCUT2D eigenvalue weighted by molar-refractivity contribution is 7.94. The molecular formula is C19H20F3N3O3S. The molecule has 1 aliphatic heterocycles. The van der Waals surface area contributed by atoms with Gasteiger partial charge in [-0.15, -0.1) is 0 Å². The average Bonchev–Trinajstić information content (AvgIpc) is 3.21. The number of hydrogen-bond acceptors (Lipinski definition) is 4. The highest BCUT2D eigenvalue weighted by Crippen LogP contribution is 2.62. The van der Waals surface area contributed by atoms with E-state index in [0.29, 0.717) is 12.8 Å². The molecule has 3 aliphatic rings. The molecule has 5 atom stereocenters. The Balaban J connectivity index is 1.74. The quantitative estimate of drug-likeness (QED) is 0.786. The topological polar surface area (TPSA) is 90.3 Å². The Bertz CT molecular complexity index is 1030. The van der Waals surface area contributed by atoms with Crippen molar-refractivity contribution in [1.82, 2.24) is 5.32 Å². The van der Waals surface area contributed by atoms with E-state index in [1.165, 1.54) is 19.1 Å². The number of nitrogens with zero attached hydrogens (tertiary/aromatic N) is 2. The normalized spacial score (nSPS) is 34.7. The van der Waals surface area contributed by atoms with E-state index >= 15 is 0 Å². The van der Waals surface area contributed by atoms with Crippen molar-refractivity contribution in [1.29, 1.82) is 5.26 Å². The Kier molecular flexibility index (Phi) is 4.22. The summed E-state index contributed by atoms with van der Waals surface area (Å²) in [6.07, 6.45) is -3.54. The first-order chi connectivity index (χ1) is 13.4. The van der Waals surface area contributed by atoms with Crippen molar-refractivity contribution in [2.24, 2.45) is 17.8 Å². The molecule has 0 radical (unpaired) electrons. The lowest BCUT2D eigenvalue weighted by Crippen LogP contribution is -2.51. The van der Waals surface area contributed by atoms with Crippen LogP contribution in [-0.4, -0.2) is 31.7 Å². The average molecular weight is 427 g/mol. The molecule has 0 unspecified atom stereocenters. The van der Waals surface area contributed by atoms with Crippen LogP contribution in [0.1, 0.15) is 37.8 Å². The third-order valence-corrected chi connectivity index (χ3v) is 9.68. The van der Waals surface area contributed by atoms with Gasteiger partial charge in [0.2, 0.25) is 15.9 Å². The summed E-state index contributed by atoms with van der Waals surface area (Å²) in [4.78, 5) is 11.5. The summed E-state index contributed by atoms with van der Waals surface area (Å²) in [7, 11) is -3.91. The van der Waals surface area contributed by atoms with Crippen molar-refractivity contribution in [3.63, 3.8) is 0 Å². The van der Waals surface area contributed by atoms with Gasteiger partial charge in [0.15, 0.2) is 0 Å². The second-order valence-corrected chi connectivity index (χ2v) is 10.6. The highest BCUT2D eigenvalue weighted by atomic mass is 32.2. The Morgan fingerprint density at radius 3 is 2.62 bits per heavy atom. The zero-order chi connectivity index (χ0) is 21.4. The number of anilines is 1. The number of hydrogen-bond donors (Lipinski definition) is 1. The number of halogens is 3. The fourth-order valence-electron chi connectivity index (χ4n) is 5.63. The predicted octanol–water partition coefficient (Wildman–Crippen LogP) is 2.65.